The Morgan fingerprint density at radius 2 is 1.03 bits per heavy atom. The van der Waals surface area contributed by atoms with Crippen LogP contribution < -0.4 is 25.9 Å². The first kappa shape index (κ1) is 32.3. The average Bonchev–Trinajstić information content (AvgIpc) is 3.95. The third-order valence-electron chi connectivity index (χ3n) is 13.2. The van der Waals surface area contributed by atoms with E-state index in [0.717, 1.165) is 91.1 Å². The summed E-state index contributed by atoms with van der Waals surface area (Å²) >= 11 is 0. The van der Waals surface area contributed by atoms with Gasteiger partial charge >= 0.3 is 0 Å². The Bertz CT molecular complexity index is 3720. The van der Waals surface area contributed by atoms with Crippen LogP contribution in [0.5, 0.6) is 23.0 Å². The number of nitrogens with zero attached hydrogens (tertiary/aromatic N) is 3. The lowest BCUT2D eigenvalue weighted by atomic mass is 9.34. The van der Waals surface area contributed by atoms with Crippen molar-refractivity contribution >= 4 is 94.2 Å². The highest BCUT2D eigenvalue weighted by atomic mass is 16.5. The molecule has 11 aromatic rings. The van der Waals surface area contributed by atoms with Crippen LogP contribution in [0.4, 0.5) is 0 Å². The largest absolute Gasteiger partial charge is 0.456 e. The zero-order chi connectivity index (χ0) is 39.1. The molecule has 0 radical (unpaired) electrons. The predicted octanol–water partition coefficient (Wildman–Crippen LogP) is 11.9. The molecular weight excluding hydrogens is 733 g/mol. The molecule has 0 unspecified atom stereocenters. The van der Waals surface area contributed by atoms with Gasteiger partial charge in [0.15, 0.2) is 5.75 Å². The molecular formula is C54H34BN3O2. The van der Waals surface area contributed by atoms with Crippen LogP contribution in [-0.4, -0.2) is 20.4 Å². The van der Waals surface area contributed by atoms with Crippen molar-refractivity contribution in [1.82, 2.24) is 13.7 Å². The molecule has 0 spiro atoms. The fraction of sp³-hybridized carbons (Fsp3) is 0.0370. The van der Waals surface area contributed by atoms with Crippen molar-refractivity contribution in [3.8, 4) is 34.4 Å². The van der Waals surface area contributed by atoms with E-state index in [1.54, 1.807) is 0 Å². The minimum Gasteiger partial charge on any atom is -0.456 e. The van der Waals surface area contributed by atoms with Crippen LogP contribution in [0.3, 0.4) is 0 Å². The van der Waals surface area contributed by atoms with Gasteiger partial charge in [0, 0.05) is 60.9 Å². The van der Waals surface area contributed by atoms with E-state index in [2.05, 4.69) is 196 Å². The number of hydrogen-bond acceptors (Lipinski definition) is 2. The first-order valence-electron chi connectivity index (χ1n) is 20.9. The summed E-state index contributed by atoms with van der Waals surface area (Å²) in [6.07, 6.45) is 8.65. The maximum atomic E-state index is 7.47. The quantitative estimate of drug-likeness (QED) is 0.168. The van der Waals surface area contributed by atoms with E-state index in [4.69, 9.17) is 9.47 Å². The van der Waals surface area contributed by atoms with Crippen molar-refractivity contribution in [2.24, 2.45) is 0 Å². The molecule has 3 aliphatic rings. The molecule has 280 valence electrons. The van der Waals surface area contributed by atoms with Gasteiger partial charge in [-0.05, 0) is 78.4 Å². The minimum atomic E-state index is -0.159. The predicted molar refractivity (Wildman–Crippen MR) is 248 cm³/mol. The van der Waals surface area contributed by atoms with E-state index < -0.39 is 0 Å². The summed E-state index contributed by atoms with van der Waals surface area (Å²) in [6.45, 7) is -0.159. The summed E-state index contributed by atoms with van der Waals surface area (Å²) < 4.78 is 22.1. The summed E-state index contributed by atoms with van der Waals surface area (Å²) in [7, 11) is 0. The highest BCUT2D eigenvalue weighted by Crippen LogP contribution is 2.48. The number of hydrogen-bond donors (Lipinski definition) is 0. The molecule has 0 fully saturated rings. The summed E-state index contributed by atoms with van der Waals surface area (Å²) in [4.78, 5) is 0. The molecule has 14 rings (SSSR count). The molecule has 0 amide bonds. The topological polar surface area (TPSA) is 33.2 Å². The first-order valence-corrected chi connectivity index (χ1v) is 20.9. The van der Waals surface area contributed by atoms with Gasteiger partial charge in [0.25, 0.3) is 6.71 Å². The summed E-state index contributed by atoms with van der Waals surface area (Å²) in [5, 5.41) is 7.08. The van der Waals surface area contributed by atoms with E-state index in [9.17, 15) is 0 Å². The Morgan fingerprint density at radius 1 is 0.433 bits per heavy atom. The van der Waals surface area contributed by atoms with Gasteiger partial charge in [-0.2, -0.15) is 0 Å². The smallest absolute Gasteiger partial charge is 0.260 e. The molecule has 8 aromatic carbocycles. The van der Waals surface area contributed by atoms with Gasteiger partial charge in [0.1, 0.15) is 17.2 Å². The molecule has 2 aliphatic heterocycles. The van der Waals surface area contributed by atoms with Gasteiger partial charge in [0.2, 0.25) is 0 Å². The molecule has 5 heterocycles. The maximum absolute atomic E-state index is 7.47. The molecule has 1 aliphatic carbocycles. The van der Waals surface area contributed by atoms with Crippen LogP contribution in [0.25, 0.3) is 82.5 Å². The highest BCUT2D eigenvalue weighted by molar-refractivity contribution is 6.98. The van der Waals surface area contributed by atoms with Crippen LogP contribution in [0, 0.1) is 0 Å². The molecule has 6 heteroatoms. The lowest BCUT2D eigenvalue weighted by Gasteiger charge is -2.34. The highest BCUT2D eigenvalue weighted by Gasteiger charge is 2.44. The van der Waals surface area contributed by atoms with E-state index in [1.807, 2.05) is 0 Å². The summed E-state index contributed by atoms with van der Waals surface area (Å²) in [5.74, 6) is 3.45. The molecule has 3 aromatic heterocycles. The number of benzene rings is 8. The van der Waals surface area contributed by atoms with Gasteiger partial charge in [-0.15, -0.1) is 0 Å². The van der Waals surface area contributed by atoms with Gasteiger partial charge in [-0.3, -0.25) is 0 Å². The number of ether oxygens (including phenoxy) is 2. The normalized spacial score (nSPS) is 14.1. The molecule has 0 N–H and O–H groups in total. The Hall–Kier alpha value is -7.70. The molecule has 0 bridgehead atoms. The first-order chi connectivity index (χ1) is 29.8. The van der Waals surface area contributed by atoms with Crippen LogP contribution in [0.2, 0.25) is 0 Å². The van der Waals surface area contributed by atoms with Crippen molar-refractivity contribution < 1.29 is 9.47 Å². The third-order valence-corrected chi connectivity index (χ3v) is 13.2. The second kappa shape index (κ2) is 11.9. The van der Waals surface area contributed by atoms with Crippen molar-refractivity contribution in [3.05, 3.63) is 182 Å². The lowest BCUT2D eigenvalue weighted by molar-refractivity contribution is 0.470. The van der Waals surface area contributed by atoms with Crippen molar-refractivity contribution in [1.29, 1.82) is 0 Å². The van der Waals surface area contributed by atoms with Crippen LogP contribution in [-0.2, 0) is 0 Å². The van der Waals surface area contributed by atoms with Crippen molar-refractivity contribution in [3.63, 3.8) is 0 Å². The summed E-state index contributed by atoms with van der Waals surface area (Å²) in [6, 6.07) is 59.3. The monoisotopic (exact) mass is 767 g/mol. The molecule has 0 atom stereocenters. The number of aromatic nitrogens is 3. The Kier molecular flexibility index (Phi) is 6.42. The number of fused-ring (bicyclic) bond motifs is 15. The third kappa shape index (κ3) is 4.22. The van der Waals surface area contributed by atoms with Gasteiger partial charge < -0.3 is 23.2 Å². The van der Waals surface area contributed by atoms with Gasteiger partial charge in [-0.1, -0.05) is 121 Å². The van der Waals surface area contributed by atoms with Crippen molar-refractivity contribution in [2.45, 2.75) is 12.8 Å². The minimum absolute atomic E-state index is 0.159. The van der Waals surface area contributed by atoms with E-state index in [-0.39, 0.29) is 6.71 Å². The standard InChI is InChI=1S/C54H34BN3O2/c1-4-16-33(17-5-1)56-44-25-13-11-23-37(44)40-30-43-48(32-47(40)56)59-54-50-49(31-41-38-24-12-15-27-46(38)58(52(41)54)35-20-8-3-9-21-35)60-53-42(55(43)50)29-28-39-36-22-10-14-26-45(36)57(51(39)53)34-18-6-2-7-19-34/h1-8,10-20,22-32H,9,21H2. The van der Waals surface area contributed by atoms with Crippen LogP contribution in [0.15, 0.2) is 182 Å². The van der Waals surface area contributed by atoms with Gasteiger partial charge in [-0.25, -0.2) is 0 Å². The second-order valence-corrected chi connectivity index (χ2v) is 16.3. The Morgan fingerprint density at radius 3 is 1.75 bits per heavy atom. The Balaban J connectivity index is 1.14. The zero-order valence-corrected chi connectivity index (χ0v) is 32.5. The fourth-order valence-electron chi connectivity index (χ4n) is 10.7. The molecule has 0 saturated heterocycles. The maximum Gasteiger partial charge on any atom is 0.260 e. The zero-order valence-electron chi connectivity index (χ0n) is 32.5. The van der Waals surface area contributed by atoms with E-state index in [1.165, 1.54) is 43.7 Å². The number of allylic oxidation sites excluding steroid dienone is 4. The van der Waals surface area contributed by atoms with Crippen LogP contribution >= 0.6 is 0 Å². The van der Waals surface area contributed by atoms with E-state index >= 15 is 0 Å². The number of para-hydroxylation sites is 5. The number of rotatable bonds is 3. The Labute approximate surface area is 345 Å². The molecule has 60 heavy (non-hydrogen) atoms. The molecule has 5 nitrogen and oxygen atoms in total. The summed E-state index contributed by atoms with van der Waals surface area (Å²) in [5.41, 5.74) is 13.6. The van der Waals surface area contributed by atoms with Crippen molar-refractivity contribution in [2.75, 3.05) is 0 Å². The SMILES string of the molecule is C1=CCCC(n2c3ccccc3c3cc4c5c(c32)Oc2cc3c(cc2B5c2ccc5c6ccccc6n(-c6ccccc6)c5c2O4)c2ccccc2n3-c2ccccc2)=C1. The fourth-order valence-corrected chi connectivity index (χ4v) is 10.7. The van der Waals surface area contributed by atoms with E-state index in [0.29, 0.717) is 0 Å². The second-order valence-electron chi connectivity index (χ2n) is 16.3. The van der Waals surface area contributed by atoms with Crippen LogP contribution in [0.1, 0.15) is 12.8 Å². The average molecular weight is 768 g/mol. The molecule has 0 saturated carbocycles. The lowest BCUT2D eigenvalue weighted by Crippen LogP contribution is -2.57. The van der Waals surface area contributed by atoms with Gasteiger partial charge in [0.05, 0.1) is 33.1 Å².